The first-order valence-corrected chi connectivity index (χ1v) is 8.63. The maximum absolute atomic E-state index is 13.8. The summed E-state index contributed by atoms with van der Waals surface area (Å²) in [7, 11) is 3.09. The van der Waals surface area contributed by atoms with Gasteiger partial charge in [-0.25, -0.2) is 9.37 Å². The van der Waals surface area contributed by atoms with Crippen LogP contribution in [0, 0.1) is 5.82 Å². The molecule has 1 aromatic heterocycles. The summed E-state index contributed by atoms with van der Waals surface area (Å²) in [5.74, 6) is 0.629. The first-order valence-electron chi connectivity index (χ1n) is 7.81. The monoisotopic (exact) mass is 372 g/mol. The zero-order valence-electron chi connectivity index (χ0n) is 14.3. The second-order valence-electron chi connectivity index (χ2n) is 5.44. The van der Waals surface area contributed by atoms with Crippen LogP contribution in [0.4, 0.5) is 10.1 Å². The summed E-state index contributed by atoms with van der Waals surface area (Å²) >= 11 is 1.29. The van der Waals surface area contributed by atoms with Crippen LogP contribution < -0.4 is 14.8 Å². The number of methoxy groups -OCH3 is 2. The predicted octanol–water partition coefficient (Wildman–Crippen LogP) is 4.15. The molecule has 0 aliphatic rings. The Bertz CT molecular complexity index is 904. The van der Waals surface area contributed by atoms with Gasteiger partial charge < -0.3 is 14.8 Å². The van der Waals surface area contributed by atoms with Crippen molar-refractivity contribution in [2.24, 2.45) is 0 Å². The molecule has 5 nitrogen and oxygen atoms in total. The van der Waals surface area contributed by atoms with Crippen LogP contribution in [0.2, 0.25) is 0 Å². The van der Waals surface area contributed by atoms with Gasteiger partial charge in [0.1, 0.15) is 22.3 Å². The Kier molecular flexibility index (Phi) is 5.48. The minimum atomic E-state index is -0.332. The van der Waals surface area contributed by atoms with Crippen molar-refractivity contribution < 1.29 is 18.7 Å². The van der Waals surface area contributed by atoms with Crippen molar-refractivity contribution in [1.82, 2.24) is 4.98 Å². The number of amides is 1. The maximum atomic E-state index is 13.8. The van der Waals surface area contributed by atoms with Gasteiger partial charge >= 0.3 is 0 Å². The van der Waals surface area contributed by atoms with Crippen LogP contribution in [0.25, 0.3) is 10.6 Å². The molecule has 1 N–H and O–H groups in total. The van der Waals surface area contributed by atoms with Gasteiger partial charge in [-0.2, -0.15) is 0 Å². The van der Waals surface area contributed by atoms with Crippen LogP contribution in [0.1, 0.15) is 4.88 Å². The highest BCUT2D eigenvalue weighted by molar-refractivity contribution is 7.15. The molecule has 0 unspecified atom stereocenters. The van der Waals surface area contributed by atoms with Gasteiger partial charge in [0, 0.05) is 40.5 Å². The standard InChI is InChI=1S/C19H17FN2O3S/c1-24-13-7-12(8-14(9-13)25-2)22-18(23)10-15-11-21-19(26-15)16-5-3-4-6-17(16)20/h3-9,11H,10H2,1-2H3,(H,22,23). The zero-order valence-corrected chi connectivity index (χ0v) is 15.1. The van der Waals surface area contributed by atoms with Gasteiger partial charge in [0.25, 0.3) is 0 Å². The molecule has 3 rings (SSSR count). The molecule has 2 aromatic carbocycles. The van der Waals surface area contributed by atoms with E-state index in [9.17, 15) is 9.18 Å². The van der Waals surface area contributed by atoms with Crippen molar-refractivity contribution in [1.29, 1.82) is 0 Å². The first-order chi connectivity index (χ1) is 12.6. The fraction of sp³-hybridized carbons (Fsp3) is 0.158. The lowest BCUT2D eigenvalue weighted by atomic mass is 10.2. The number of nitrogens with zero attached hydrogens (tertiary/aromatic N) is 1. The molecule has 1 amide bonds. The fourth-order valence-corrected chi connectivity index (χ4v) is 3.33. The molecule has 0 atom stereocenters. The maximum Gasteiger partial charge on any atom is 0.229 e. The van der Waals surface area contributed by atoms with E-state index in [2.05, 4.69) is 10.3 Å². The normalized spacial score (nSPS) is 10.4. The Hall–Kier alpha value is -2.93. The molecule has 134 valence electrons. The lowest BCUT2D eigenvalue weighted by Crippen LogP contribution is -2.13. The minimum absolute atomic E-state index is 0.144. The number of nitrogens with one attached hydrogen (secondary N) is 1. The Morgan fingerprint density at radius 2 is 1.85 bits per heavy atom. The Morgan fingerprint density at radius 3 is 2.50 bits per heavy atom. The first kappa shape index (κ1) is 17.9. The van der Waals surface area contributed by atoms with Crippen LogP contribution in [-0.2, 0) is 11.2 Å². The summed E-state index contributed by atoms with van der Waals surface area (Å²) in [6.07, 6.45) is 1.74. The lowest BCUT2D eigenvalue weighted by molar-refractivity contribution is -0.115. The third kappa shape index (κ3) is 4.18. The smallest absolute Gasteiger partial charge is 0.229 e. The Morgan fingerprint density at radius 1 is 1.15 bits per heavy atom. The zero-order chi connectivity index (χ0) is 18.5. The van der Waals surface area contributed by atoms with Crippen molar-refractivity contribution in [3.63, 3.8) is 0 Å². The van der Waals surface area contributed by atoms with Crippen LogP contribution in [0.15, 0.2) is 48.7 Å². The van der Waals surface area contributed by atoms with Gasteiger partial charge in [-0.05, 0) is 12.1 Å². The summed E-state index contributed by atoms with van der Waals surface area (Å²) in [5, 5.41) is 3.36. The average molecular weight is 372 g/mol. The molecule has 0 aliphatic heterocycles. The molecule has 0 spiro atoms. The minimum Gasteiger partial charge on any atom is -0.497 e. The lowest BCUT2D eigenvalue weighted by Gasteiger charge is -2.09. The van der Waals surface area contributed by atoms with E-state index in [1.54, 1.807) is 56.8 Å². The van der Waals surface area contributed by atoms with E-state index in [1.807, 2.05) is 0 Å². The van der Waals surface area contributed by atoms with Crippen molar-refractivity contribution in [3.8, 4) is 22.1 Å². The SMILES string of the molecule is COc1cc(NC(=O)Cc2cnc(-c3ccccc3F)s2)cc(OC)c1. The molecular formula is C19H17FN2O3S. The van der Waals surface area contributed by atoms with Crippen LogP contribution in [-0.4, -0.2) is 25.1 Å². The third-order valence-corrected chi connectivity index (χ3v) is 4.66. The largest absolute Gasteiger partial charge is 0.497 e. The van der Waals surface area contributed by atoms with E-state index in [0.29, 0.717) is 27.8 Å². The second kappa shape index (κ2) is 7.97. The van der Waals surface area contributed by atoms with Crippen molar-refractivity contribution >= 4 is 22.9 Å². The van der Waals surface area contributed by atoms with E-state index in [0.717, 1.165) is 4.88 Å². The third-order valence-electron chi connectivity index (χ3n) is 3.63. The fourth-order valence-electron chi connectivity index (χ4n) is 2.39. The van der Waals surface area contributed by atoms with Crippen LogP contribution in [0.5, 0.6) is 11.5 Å². The number of rotatable bonds is 6. The van der Waals surface area contributed by atoms with E-state index >= 15 is 0 Å². The molecule has 0 radical (unpaired) electrons. The summed E-state index contributed by atoms with van der Waals surface area (Å²) in [5.41, 5.74) is 1.01. The van der Waals surface area contributed by atoms with E-state index in [4.69, 9.17) is 9.47 Å². The predicted molar refractivity (Wildman–Crippen MR) is 99.4 cm³/mol. The molecule has 0 fully saturated rings. The van der Waals surface area contributed by atoms with Gasteiger partial charge in [-0.3, -0.25) is 4.79 Å². The number of hydrogen-bond donors (Lipinski definition) is 1. The molecule has 7 heteroatoms. The highest BCUT2D eigenvalue weighted by Crippen LogP contribution is 2.28. The number of benzene rings is 2. The highest BCUT2D eigenvalue weighted by atomic mass is 32.1. The molecule has 0 saturated carbocycles. The van der Waals surface area contributed by atoms with Gasteiger partial charge in [0.15, 0.2) is 0 Å². The molecule has 0 aliphatic carbocycles. The van der Waals surface area contributed by atoms with E-state index < -0.39 is 0 Å². The number of carbonyl (C=O) groups excluding carboxylic acids is 1. The van der Waals surface area contributed by atoms with E-state index in [1.165, 1.54) is 17.4 Å². The second-order valence-corrected chi connectivity index (χ2v) is 6.55. The number of hydrogen-bond acceptors (Lipinski definition) is 5. The number of thiazole rings is 1. The summed E-state index contributed by atoms with van der Waals surface area (Å²) < 4.78 is 24.2. The summed E-state index contributed by atoms with van der Waals surface area (Å²) in [6, 6.07) is 11.6. The summed E-state index contributed by atoms with van der Waals surface area (Å²) in [6.45, 7) is 0. The molecule has 0 bridgehead atoms. The van der Waals surface area contributed by atoms with E-state index in [-0.39, 0.29) is 18.1 Å². The Labute approximate surface area is 154 Å². The number of ether oxygens (including phenoxy) is 2. The summed E-state index contributed by atoms with van der Waals surface area (Å²) in [4.78, 5) is 17.3. The topological polar surface area (TPSA) is 60.5 Å². The highest BCUT2D eigenvalue weighted by Gasteiger charge is 2.12. The molecular weight excluding hydrogens is 355 g/mol. The van der Waals surface area contributed by atoms with Gasteiger partial charge in [-0.15, -0.1) is 11.3 Å². The molecule has 3 aromatic rings. The van der Waals surface area contributed by atoms with Crippen LogP contribution >= 0.6 is 11.3 Å². The average Bonchev–Trinajstić information content (AvgIpc) is 3.09. The number of aromatic nitrogens is 1. The number of halogens is 1. The quantitative estimate of drug-likeness (QED) is 0.706. The van der Waals surface area contributed by atoms with Gasteiger partial charge in [0.05, 0.1) is 20.6 Å². The number of carbonyl (C=O) groups is 1. The molecule has 0 saturated heterocycles. The Balaban J connectivity index is 1.70. The van der Waals surface area contributed by atoms with Gasteiger partial charge in [-0.1, -0.05) is 12.1 Å². The van der Waals surface area contributed by atoms with Crippen LogP contribution in [0.3, 0.4) is 0 Å². The van der Waals surface area contributed by atoms with Crippen molar-refractivity contribution in [2.45, 2.75) is 6.42 Å². The van der Waals surface area contributed by atoms with Crippen molar-refractivity contribution in [3.05, 3.63) is 59.4 Å². The molecule has 26 heavy (non-hydrogen) atoms. The molecule has 1 heterocycles. The van der Waals surface area contributed by atoms with Gasteiger partial charge in [0.2, 0.25) is 5.91 Å². The van der Waals surface area contributed by atoms with Crippen molar-refractivity contribution in [2.75, 3.05) is 19.5 Å². The number of anilines is 1.